The number of halogens is 1. The number of nitrogens with one attached hydrogen (secondary N) is 1. The molecule has 1 fully saturated rings. The number of amides is 1. The second-order valence-corrected chi connectivity index (χ2v) is 6.61. The summed E-state index contributed by atoms with van der Waals surface area (Å²) >= 11 is 0. The van der Waals surface area contributed by atoms with Gasteiger partial charge in [-0.25, -0.2) is 19.0 Å². The lowest BCUT2D eigenvalue weighted by Crippen LogP contribution is -2.34. The Labute approximate surface area is 154 Å². The van der Waals surface area contributed by atoms with E-state index in [-0.39, 0.29) is 35.7 Å². The number of anilines is 2. The highest BCUT2D eigenvalue weighted by Crippen LogP contribution is 2.24. The summed E-state index contributed by atoms with van der Waals surface area (Å²) in [4.78, 5) is 36.5. The number of aliphatic imine (C=N–C) groups is 1. The van der Waals surface area contributed by atoms with Crippen molar-refractivity contribution >= 4 is 23.8 Å². The highest BCUT2D eigenvalue weighted by Gasteiger charge is 2.21. The summed E-state index contributed by atoms with van der Waals surface area (Å²) in [6.07, 6.45) is 5.32. The van der Waals surface area contributed by atoms with Crippen LogP contribution in [0.2, 0.25) is 0 Å². The fourth-order valence-electron chi connectivity index (χ4n) is 2.36. The van der Waals surface area contributed by atoms with Gasteiger partial charge in [-0.15, -0.1) is 0 Å². The highest BCUT2D eigenvalue weighted by atomic mass is 19.1. The molecular weight excluding hydrogens is 353 g/mol. The maximum absolute atomic E-state index is 12.8. The predicted molar refractivity (Wildman–Crippen MR) is 98.2 cm³/mol. The minimum absolute atomic E-state index is 0.0478. The third-order valence-corrected chi connectivity index (χ3v) is 3.93. The van der Waals surface area contributed by atoms with Gasteiger partial charge < -0.3 is 5.73 Å². The van der Waals surface area contributed by atoms with Crippen LogP contribution in [0.4, 0.5) is 16.0 Å². The van der Waals surface area contributed by atoms with Gasteiger partial charge in [0.1, 0.15) is 6.54 Å². The first-order chi connectivity index (χ1) is 12.8. The second kappa shape index (κ2) is 7.60. The van der Waals surface area contributed by atoms with E-state index in [1.165, 1.54) is 6.21 Å². The minimum Gasteiger partial charge on any atom is -0.396 e. The van der Waals surface area contributed by atoms with Crippen molar-refractivity contribution in [3.05, 3.63) is 39.8 Å². The molecule has 2 aromatic heterocycles. The number of rotatable bonds is 6. The normalized spacial score (nSPS) is 14.1. The molecule has 3 N–H and O–H groups in total. The van der Waals surface area contributed by atoms with Crippen LogP contribution in [0.5, 0.6) is 0 Å². The number of nitrogen functional groups attached to an aromatic ring is 1. The molecule has 0 saturated heterocycles. The fourth-order valence-corrected chi connectivity index (χ4v) is 2.36. The van der Waals surface area contributed by atoms with E-state index >= 15 is 0 Å². The van der Waals surface area contributed by atoms with Crippen molar-refractivity contribution in [3.8, 4) is 0 Å². The van der Waals surface area contributed by atoms with Gasteiger partial charge in [0.25, 0.3) is 5.56 Å². The third kappa shape index (κ3) is 4.52. The molecule has 1 aliphatic carbocycles. The summed E-state index contributed by atoms with van der Waals surface area (Å²) in [5.41, 5.74) is 6.62. The summed E-state index contributed by atoms with van der Waals surface area (Å²) in [5.74, 6) is -1.30. The Morgan fingerprint density at radius 3 is 2.70 bits per heavy atom. The van der Waals surface area contributed by atoms with Crippen molar-refractivity contribution in [2.75, 3.05) is 11.1 Å². The van der Waals surface area contributed by atoms with Crippen molar-refractivity contribution in [1.82, 2.24) is 19.7 Å². The Hall–Kier alpha value is -3.17. The molecule has 27 heavy (non-hydrogen) atoms. The molecule has 0 aromatic carbocycles. The Bertz CT molecular complexity index is 934. The Morgan fingerprint density at radius 1 is 1.44 bits per heavy atom. The quantitative estimate of drug-likeness (QED) is 0.730. The van der Waals surface area contributed by atoms with E-state index in [9.17, 15) is 14.0 Å². The molecule has 142 valence electrons. The number of nitrogens with zero attached hydrogens (tertiary/aromatic N) is 5. The Balaban J connectivity index is 1.87. The lowest BCUT2D eigenvalue weighted by molar-refractivity contribution is -0.117. The van der Waals surface area contributed by atoms with Crippen molar-refractivity contribution in [3.63, 3.8) is 0 Å². The first-order valence-electron chi connectivity index (χ1n) is 8.56. The molecule has 1 saturated carbocycles. The van der Waals surface area contributed by atoms with Gasteiger partial charge in [-0.3, -0.25) is 19.9 Å². The zero-order valence-corrected chi connectivity index (χ0v) is 15.0. The monoisotopic (exact) mass is 373 g/mol. The van der Waals surface area contributed by atoms with Crippen LogP contribution in [-0.2, 0) is 11.3 Å². The number of nitrogens with two attached hydrogens (primary N) is 1. The lowest BCUT2D eigenvalue weighted by Gasteiger charge is -2.14. The van der Waals surface area contributed by atoms with Gasteiger partial charge in [-0.1, -0.05) is 13.8 Å². The first kappa shape index (κ1) is 18.6. The van der Waals surface area contributed by atoms with Crippen LogP contribution in [-0.4, -0.2) is 37.9 Å². The topological polar surface area (TPSA) is 128 Å². The van der Waals surface area contributed by atoms with Gasteiger partial charge >= 0.3 is 0 Å². The van der Waals surface area contributed by atoms with Crippen LogP contribution in [0.15, 0.2) is 22.2 Å². The molecule has 0 unspecified atom stereocenters. The SMILES string of the molecule is CC(C)c1nn(CC(=O)Nc2ncc(F)cn2)c(=O)c(C=NC2CC2)c1N. The van der Waals surface area contributed by atoms with Gasteiger partial charge in [-0.2, -0.15) is 5.10 Å². The maximum atomic E-state index is 12.8. The molecular formula is C17H20FN7O2. The number of hydrogen-bond donors (Lipinski definition) is 2. The Morgan fingerprint density at radius 2 is 2.11 bits per heavy atom. The van der Waals surface area contributed by atoms with Crippen LogP contribution in [0.1, 0.15) is 43.9 Å². The number of carbonyl (C=O) groups excluding carboxylic acids is 1. The zero-order valence-electron chi connectivity index (χ0n) is 15.0. The summed E-state index contributed by atoms with van der Waals surface area (Å²) in [6, 6.07) is 0.229. The van der Waals surface area contributed by atoms with Crippen molar-refractivity contribution in [2.45, 2.75) is 45.2 Å². The summed E-state index contributed by atoms with van der Waals surface area (Å²) < 4.78 is 13.9. The molecule has 2 heterocycles. The van der Waals surface area contributed by atoms with Crippen LogP contribution in [0, 0.1) is 5.82 Å². The molecule has 0 atom stereocenters. The average Bonchev–Trinajstić information content (AvgIpc) is 3.43. The van der Waals surface area contributed by atoms with Gasteiger partial charge in [0.2, 0.25) is 11.9 Å². The van der Waals surface area contributed by atoms with E-state index in [1.54, 1.807) is 0 Å². The van der Waals surface area contributed by atoms with Crippen molar-refractivity contribution in [2.24, 2.45) is 4.99 Å². The predicted octanol–water partition coefficient (Wildman–Crippen LogP) is 1.10. The summed E-state index contributed by atoms with van der Waals surface area (Å²) in [6.45, 7) is 3.42. The van der Waals surface area contributed by atoms with Crippen LogP contribution >= 0.6 is 0 Å². The van der Waals surface area contributed by atoms with E-state index < -0.39 is 17.3 Å². The molecule has 2 aromatic rings. The minimum atomic E-state index is -0.620. The number of hydrogen-bond acceptors (Lipinski definition) is 7. The highest BCUT2D eigenvalue weighted by molar-refractivity contribution is 5.89. The zero-order chi connectivity index (χ0) is 19.6. The Kier molecular flexibility index (Phi) is 5.24. The first-order valence-corrected chi connectivity index (χ1v) is 8.56. The summed E-state index contributed by atoms with van der Waals surface area (Å²) in [5, 5.41) is 6.62. The summed E-state index contributed by atoms with van der Waals surface area (Å²) in [7, 11) is 0. The van der Waals surface area contributed by atoms with Gasteiger partial charge in [0.15, 0.2) is 5.82 Å². The average molecular weight is 373 g/mol. The molecule has 9 nitrogen and oxygen atoms in total. The second-order valence-electron chi connectivity index (χ2n) is 6.61. The van der Waals surface area contributed by atoms with E-state index in [4.69, 9.17) is 5.73 Å². The molecule has 10 heteroatoms. The molecule has 1 amide bonds. The van der Waals surface area contributed by atoms with Crippen LogP contribution < -0.4 is 16.6 Å². The number of aromatic nitrogens is 4. The van der Waals surface area contributed by atoms with E-state index in [0.29, 0.717) is 5.69 Å². The third-order valence-electron chi connectivity index (χ3n) is 3.93. The van der Waals surface area contributed by atoms with E-state index in [0.717, 1.165) is 29.9 Å². The van der Waals surface area contributed by atoms with E-state index in [1.807, 2.05) is 13.8 Å². The van der Waals surface area contributed by atoms with Crippen molar-refractivity contribution < 1.29 is 9.18 Å². The van der Waals surface area contributed by atoms with Gasteiger partial charge in [-0.05, 0) is 18.8 Å². The lowest BCUT2D eigenvalue weighted by atomic mass is 10.1. The molecule has 1 aliphatic rings. The van der Waals surface area contributed by atoms with Gasteiger partial charge in [0.05, 0.1) is 35.4 Å². The van der Waals surface area contributed by atoms with E-state index in [2.05, 4.69) is 25.4 Å². The standard InChI is InChI=1S/C17H20FN7O2/c1-9(2)15-14(19)12(7-20-11-3-4-11)16(27)25(24-15)8-13(26)23-17-21-5-10(18)6-22-17/h5-7,9,11H,3-4,8,19H2,1-2H3,(H,21,22,23,26). The largest absolute Gasteiger partial charge is 0.396 e. The molecule has 0 radical (unpaired) electrons. The molecule has 0 spiro atoms. The maximum Gasteiger partial charge on any atom is 0.278 e. The van der Waals surface area contributed by atoms with Gasteiger partial charge in [0, 0.05) is 6.21 Å². The molecule has 3 rings (SSSR count). The molecule has 0 aliphatic heterocycles. The smallest absolute Gasteiger partial charge is 0.278 e. The number of carbonyl (C=O) groups is 1. The fraction of sp³-hybridized carbons (Fsp3) is 0.412. The molecule has 0 bridgehead atoms. The van der Waals surface area contributed by atoms with Crippen LogP contribution in [0.3, 0.4) is 0 Å². The van der Waals surface area contributed by atoms with Crippen molar-refractivity contribution in [1.29, 1.82) is 0 Å². The van der Waals surface area contributed by atoms with Crippen LogP contribution in [0.25, 0.3) is 0 Å².